The van der Waals surface area contributed by atoms with Crippen LogP contribution in [0.4, 0.5) is 0 Å². The van der Waals surface area contributed by atoms with Gasteiger partial charge in [-0.15, -0.1) is 6.58 Å². The summed E-state index contributed by atoms with van der Waals surface area (Å²) in [4.78, 5) is 13.0. The Labute approximate surface area is 191 Å². The molecular formula is C24H26CrO4Si. The SMILES string of the molecule is C=CCC(CC(=O)c1ccccc1[Si](C)(C)C)c1ccccc1.[C-]#[O+].[C-]#[O+].[C-]#[O+].[Cr]. The molecular weight excluding hydrogens is 432 g/mol. The van der Waals surface area contributed by atoms with Gasteiger partial charge in [-0.2, -0.15) is 0 Å². The Balaban J connectivity index is -0.000000955. The average Bonchev–Trinajstić information content (AvgIpc) is 2.77. The maximum absolute atomic E-state index is 13.0. The standard InChI is InChI=1S/C21H26OSi.3CO.Cr/c1-5-11-18(17-12-7-6-8-13-17)16-20(22)19-14-9-10-15-21(19)23(2,3)4;3*1-2;/h5-10,12-15,18H,1,11,16H2,2-4H3;;;;. The molecule has 2 aromatic rings. The van der Waals surface area contributed by atoms with Crippen LogP contribution in [0.25, 0.3) is 0 Å². The quantitative estimate of drug-likeness (QED) is 0.188. The third-order valence-electron chi connectivity index (χ3n) is 4.19. The summed E-state index contributed by atoms with van der Waals surface area (Å²) in [5, 5.41) is 1.26. The first kappa shape index (κ1) is 32.5. The molecule has 0 aliphatic rings. The van der Waals surface area contributed by atoms with Crippen LogP contribution in [0.1, 0.15) is 34.7 Å². The van der Waals surface area contributed by atoms with Crippen LogP contribution in [0.3, 0.4) is 0 Å². The summed E-state index contributed by atoms with van der Waals surface area (Å²) in [6.45, 7) is 24.2. The van der Waals surface area contributed by atoms with Crippen LogP contribution in [0.5, 0.6) is 0 Å². The van der Waals surface area contributed by atoms with Crippen LogP contribution in [-0.2, 0) is 31.3 Å². The first-order valence-electron chi connectivity index (χ1n) is 8.83. The number of rotatable bonds is 7. The maximum Gasteiger partial charge on any atom is 0 e. The van der Waals surface area contributed by atoms with E-state index in [1.54, 1.807) is 0 Å². The summed E-state index contributed by atoms with van der Waals surface area (Å²) in [6.07, 6.45) is 3.28. The fraction of sp³-hybridized carbons (Fsp3) is 0.250. The molecule has 30 heavy (non-hydrogen) atoms. The van der Waals surface area contributed by atoms with E-state index in [-0.39, 0.29) is 29.1 Å². The fourth-order valence-corrected chi connectivity index (χ4v) is 4.60. The number of benzene rings is 2. The Morgan fingerprint density at radius 1 is 0.933 bits per heavy atom. The van der Waals surface area contributed by atoms with Crippen molar-refractivity contribution >= 4 is 19.0 Å². The van der Waals surface area contributed by atoms with E-state index >= 15 is 0 Å². The molecule has 0 saturated carbocycles. The summed E-state index contributed by atoms with van der Waals surface area (Å²) in [5.41, 5.74) is 2.13. The van der Waals surface area contributed by atoms with E-state index in [1.807, 2.05) is 42.5 Å². The zero-order chi connectivity index (χ0) is 22.9. The van der Waals surface area contributed by atoms with Crippen LogP contribution in [0.2, 0.25) is 19.6 Å². The number of carbonyl (C=O) groups is 1. The van der Waals surface area contributed by atoms with Crippen LogP contribution in [0, 0.1) is 20.0 Å². The van der Waals surface area contributed by atoms with Gasteiger partial charge >= 0.3 is 33.9 Å². The summed E-state index contributed by atoms with van der Waals surface area (Å²) < 4.78 is 22.5. The summed E-state index contributed by atoms with van der Waals surface area (Å²) in [5.74, 6) is 0.453. The second-order valence-electron chi connectivity index (χ2n) is 7.05. The minimum Gasteiger partial charge on any atom is 0 e. The van der Waals surface area contributed by atoms with E-state index in [9.17, 15) is 4.79 Å². The van der Waals surface area contributed by atoms with Gasteiger partial charge in [-0.1, -0.05) is 80.3 Å². The van der Waals surface area contributed by atoms with Crippen molar-refractivity contribution in [2.24, 2.45) is 0 Å². The van der Waals surface area contributed by atoms with Gasteiger partial charge in [-0.3, -0.25) is 4.79 Å². The predicted octanol–water partition coefficient (Wildman–Crippen LogP) is 5.05. The number of carbonyl (C=O) groups excluding carboxylic acids is 1. The minimum absolute atomic E-state index is 0. The van der Waals surface area contributed by atoms with Crippen molar-refractivity contribution < 1.29 is 36.1 Å². The number of hydrogen-bond donors (Lipinski definition) is 0. The van der Waals surface area contributed by atoms with E-state index in [0.29, 0.717) is 6.42 Å². The second-order valence-corrected chi connectivity index (χ2v) is 12.1. The van der Waals surface area contributed by atoms with Gasteiger partial charge in [0.05, 0.1) is 8.07 Å². The number of ketones is 1. The first-order chi connectivity index (χ1) is 13.9. The molecule has 0 bridgehead atoms. The second kappa shape index (κ2) is 18.8. The van der Waals surface area contributed by atoms with Crippen LogP contribution in [-0.4, -0.2) is 13.9 Å². The molecule has 0 saturated heterocycles. The molecule has 2 rings (SSSR count). The van der Waals surface area contributed by atoms with Crippen molar-refractivity contribution in [1.29, 1.82) is 0 Å². The van der Waals surface area contributed by atoms with Gasteiger partial charge in [0.1, 0.15) is 0 Å². The number of allylic oxidation sites excluding steroid dienone is 1. The molecule has 0 fully saturated rings. The largest absolute Gasteiger partial charge is 0 e. The molecule has 0 spiro atoms. The van der Waals surface area contributed by atoms with Crippen molar-refractivity contribution in [2.45, 2.75) is 38.4 Å². The smallest absolute Gasteiger partial charge is 0 e. The molecule has 0 amide bonds. The van der Waals surface area contributed by atoms with E-state index in [2.05, 4.69) is 64.4 Å². The van der Waals surface area contributed by atoms with Gasteiger partial charge in [0.25, 0.3) is 0 Å². The monoisotopic (exact) mass is 458 g/mol. The van der Waals surface area contributed by atoms with Gasteiger partial charge < -0.3 is 0 Å². The summed E-state index contributed by atoms with van der Waals surface area (Å²) in [6, 6.07) is 18.4. The molecule has 4 nitrogen and oxygen atoms in total. The average molecular weight is 459 g/mol. The van der Waals surface area contributed by atoms with Crippen LogP contribution < -0.4 is 5.19 Å². The Bertz CT molecular complexity index is 791. The molecule has 0 aliphatic carbocycles. The number of hydrogen-bond acceptors (Lipinski definition) is 1. The van der Waals surface area contributed by atoms with Crippen molar-refractivity contribution in [2.75, 3.05) is 0 Å². The molecule has 1 unspecified atom stereocenters. The zero-order valence-electron chi connectivity index (χ0n) is 17.5. The molecule has 0 radical (unpaired) electrons. The molecule has 156 valence electrons. The molecule has 2 aromatic carbocycles. The zero-order valence-corrected chi connectivity index (χ0v) is 19.8. The Hall–Kier alpha value is -2.18. The fourth-order valence-electron chi connectivity index (χ4n) is 2.98. The first-order valence-corrected chi connectivity index (χ1v) is 12.3. The summed E-state index contributed by atoms with van der Waals surface area (Å²) >= 11 is 0. The van der Waals surface area contributed by atoms with E-state index < -0.39 is 8.07 Å². The summed E-state index contributed by atoms with van der Waals surface area (Å²) in [7, 11) is -1.53. The van der Waals surface area contributed by atoms with Crippen molar-refractivity contribution in [3.8, 4) is 0 Å². The molecule has 0 N–H and O–H groups in total. The van der Waals surface area contributed by atoms with Gasteiger partial charge in [0.15, 0.2) is 5.78 Å². The van der Waals surface area contributed by atoms with Crippen LogP contribution >= 0.6 is 0 Å². The number of Topliss-reactive ketones (excluding diaryl/α,β-unsaturated/α-hetero) is 1. The topological polar surface area (TPSA) is 76.8 Å². The molecule has 6 heteroatoms. The van der Waals surface area contributed by atoms with E-state index in [0.717, 1.165) is 12.0 Å². The molecule has 0 aromatic heterocycles. The molecule has 1 atom stereocenters. The third-order valence-corrected chi connectivity index (χ3v) is 6.24. The molecule has 0 aliphatic heterocycles. The van der Waals surface area contributed by atoms with Gasteiger partial charge in [-0.25, -0.2) is 0 Å². The van der Waals surface area contributed by atoms with E-state index in [1.165, 1.54) is 10.8 Å². The van der Waals surface area contributed by atoms with Gasteiger partial charge in [0.2, 0.25) is 0 Å². The maximum atomic E-state index is 13.0. The van der Waals surface area contributed by atoms with Crippen molar-refractivity contribution in [1.82, 2.24) is 0 Å². The van der Waals surface area contributed by atoms with Crippen molar-refractivity contribution in [3.63, 3.8) is 0 Å². The minimum atomic E-state index is -1.53. The Morgan fingerprint density at radius 3 is 1.87 bits per heavy atom. The van der Waals surface area contributed by atoms with Crippen molar-refractivity contribution in [3.05, 3.63) is 98.3 Å². The Morgan fingerprint density at radius 2 is 1.40 bits per heavy atom. The van der Waals surface area contributed by atoms with Gasteiger partial charge in [0, 0.05) is 29.3 Å². The molecule has 0 heterocycles. The predicted molar refractivity (Wildman–Crippen MR) is 114 cm³/mol. The Kier molecular flexibility index (Phi) is 20.4. The normalized spacial score (nSPS) is 9.90. The third kappa shape index (κ3) is 11.1. The van der Waals surface area contributed by atoms with Crippen LogP contribution in [0.15, 0.2) is 67.3 Å². The van der Waals surface area contributed by atoms with Gasteiger partial charge in [-0.05, 0) is 23.1 Å². The van der Waals surface area contributed by atoms with E-state index in [4.69, 9.17) is 14.0 Å².